The monoisotopic (exact) mass is 741 g/mol. The first-order chi connectivity index (χ1) is 28.2. The van der Waals surface area contributed by atoms with Crippen molar-refractivity contribution in [2.45, 2.75) is 5.92 Å². The SMILES string of the molecule is c1ccc(-c2ccc(-n3c4ccccc4c4cc(-c5ccc6c(c5)-c5ccccc5C6c5ccc(-c6ccc7sc8ccccc8c7c6)cc5)ccc43)cc2)cc1. The minimum Gasteiger partial charge on any atom is -0.309 e. The first-order valence-electron chi connectivity index (χ1n) is 19.7. The molecular formula is C55H35NS. The molecule has 1 atom stereocenters. The Morgan fingerprint density at radius 2 is 0.895 bits per heavy atom. The third kappa shape index (κ3) is 5.15. The Labute approximate surface area is 335 Å². The maximum absolute atomic E-state index is 2.42. The van der Waals surface area contributed by atoms with E-state index in [0.29, 0.717) is 0 Å². The van der Waals surface area contributed by atoms with Crippen LogP contribution in [-0.2, 0) is 0 Å². The lowest BCUT2D eigenvalue weighted by Crippen LogP contribution is -1.99. The van der Waals surface area contributed by atoms with Gasteiger partial charge in [0.15, 0.2) is 0 Å². The fourth-order valence-corrected chi connectivity index (χ4v) is 10.5. The Bertz CT molecular complexity index is 3330. The van der Waals surface area contributed by atoms with Crippen molar-refractivity contribution in [1.29, 1.82) is 0 Å². The van der Waals surface area contributed by atoms with Gasteiger partial charge in [0.1, 0.15) is 0 Å². The summed E-state index contributed by atoms with van der Waals surface area (Å²) in [6, 6.07) is 76.4. The van der Waals surface area contributed by atoms with E-state index >= 15 is 0 Å². The van der Waals surface area contributed by atoms with E-state index in [-0.39, 0.29) is 5.92 Å². The molecule has 0 spiro atoms. The number of nitrogens with zero attached hydrogens (tertiary/aromatic N) is 1. The van der Waals surface area contributed by atoms with Gasteiger partial charge in [0.2, 0.25) is 0 Å². The molecule has 2 aromatic heterocycles. The predicted octanol–water partition coefficient (Wildman–Crippen LogP) is 15.3. The van der Waals surface area contributed by atoms with Gasteiger partial charge in [-0.15, -0.1) is 11.3 Å². The van der Waals surface area contributed by atoms with Gasteiger partial charge in [-0.25, -0.2) is 0 Å². The number of hydrogen-bond donors (Lipinski definition) is 0. The summed E-state index contributed by atoms with van der Waals surface area (Å²) in [5.41, 5.74) is 17.8. The number of fused-ring (bicyclic) bond motifs is 9. The summed E-state index contributed by atoms with van der Waals surface area (Å²) < 4.78 is 5.09. The van der Waals surface area contributed by atoms with Crippen LogP contribution in [-0.4, -0.2) is 4.57 Å². The highest BCUT2D eigenvalue weighted by atomic mass is 32.1. The van der Waals surface area contributed by atoms with Crippen molar-refractivity contribution >= 4 is 53.3 Å². The van der Waals surface area contributed by atoms with Crippen LogP contribution in [0.1, 0.15) is 22.6 Å². The molecule has 1 aliphatic rings. The molecule has 1 unspecified atom stereocenters. The summed E-state index contributed by atoms with van der Waals surface area (Å²) >= 11 is 1.87. The standard InChI is InChI=1S/C55H35NS/c1-2-10-35(11-3-1)36-22-27-42(28-23-36)56-51-16-8-6-13-44(51)49-33-41(25-30-52(49)56)40-24-29-47-48(32-40)43-12-4-5-15-46(43)55(47)38-20-18-37(19-21-38)39-26-31-54-50(34-39)45-14-7-9-17-53(45)57-54/h1-34,55H. The van der Waals surface area contributed by atoms with E-state index in [4.69, 9.17) is 0 Å². The van der Waals surface area contributed by atoms with Crippen molar-refractivity contribution < 1.29 is 0 Å². The van der Waals surface area contributed by atoms with E-state index in [2.05, 4.69) is 211 Å². The van der Waals surface area contributed by atoms with Crippen molar-refractivity contribution in [2.24, 2.45) is 0 Å². The van der Waals surface area contributed by atoms with Gasteiger partial charge < -0.3 is 4.57 Å². The Hall–Kier alpha value is -7.00. The summed E-state index contributed by atoms with van der Waals surface area (Å²) in [6.45, 7) is 0. The third-order valence-electron chi connectivity index (χ3n) is 12.1. The quantitative estimate of drug-likeness (QED) is 0.166. The van der Waals surface area contributed by atoms with Gasteiger partial charge in [-0.1, -0.05) is 152 Å². The summed E-state index contributed by atoms with van der Waals surface area (Å²) in [7, 11) is 0. The number of rotatable bonds is 5. The molecule has 0 saturated heterocycles. The van der Waals surface area contributed by atoms with Crippen LogP contribution in [0.2, 0.25) is 0 Å². The van der Waals surface area contributed by atoms with Crippen LogP contribution in [0.25, 0.3) is 92.2 Å². The first-order valence-corrected chi connectivity index (χ1v) is 20.5. The highest BCUT2D eigenvalue weighted by Gasteiger charge is 2.30. The molecular weight excluding hydrogens is 707 g/mol. The first kappa shape index (κ1) is 32.3. The van der Waals surface area contributed by atoms with Crippen molar-refractivity contribution in [2.75, 3.05) is 0 Å². The van der Waals surface area contributed by atoms with Crippen LogP contribution < -0.4 is 0 Å². The van der Waals surface area contributed by atoms with Crippen LogP contribution in [0, 0.1) is 0 Å². The maximum atomic E-state index is 2.42. The van der Waals surface area contributed by atoms with E-state index in [1.807, 2.05) is 11.3 Å². The summed E-state index contributed by atoms with van der Waals surface area (Å²) in [4.78, 5) is 0. The van der Waals surface area contributed by atoms with Gasteiger partial charge in [-0.2, -0.15) is 0 Å². The zero-order valence-electron chi connectivity index (χ0n) is 31.1. The van der Waals surface area contributed by atoms with Gasteiger partial charge >= 0.3 is 0 Å². The zero-order chi connectivity index (χ0) is 37.5. The smallest absolute Gasteiger partial charge is 0.0541 e. The van der Waals surface area contributed by atoms with Crippen molar-refractivity contribution in [3.8, 4) is 50.2 Å². The largest absolute Gasteiger partial charge is 0.309 e. The molecule has 0 radical (unpaired) electrons. The number of para-hydroxylation sites is 1. The molecule has 0 aliphatic heterocycles. The lowest BCUT2D eigenvalue weighted by Gasteiger charge is -2.16. The van der Waals surface area contributed by atoms with Crippen LogP contribution in [0.3, 0.4) is 0 Å². The van der Waals surface area contributed by atoms with Crippen LogP contribution in [0.4, 0.5) is 0 Å². The second kappa shape index (κ2) is 12.8. The van der Waals surface area contributed by atoms with Crippen molar-refractivity contribution in [3.63, 3.8) is 0 Å². The molecule has 2 heteroatoms. The van der Waals surface area contributed by atoms with Gasteiger partial charge in [0.25, 0.3) is 0 Å². The third-order valence-corrected chi connectivity index (χ3v) is 13.3. The Morgan fingerprint density at radius 1 is 0.333 bits per heavy atom. The summed E-state index contributed by atoms with van der Waals surface area (Å²) in [5, 5.41) is 5.21. The lowest BCUT2D eigenvalue weighted by atomic mass is 9.88. The molecule has 0 saturated carbocycles. The number of thiophene rings is 1. The lowest BCUT2D eigenvalue weighted by molar-refractivity contribution is 1.02. The van der Waals surface area contributed by atoms with E-state index in [1.54, 1.807) is 0 Å². The van der Waals surface area contributed by atoms with Gasteiger partial charge in [-0.3, -0.25) is 0 Å². The van der Waals surface area contributed by atoms with Gasteiger partial charge in [-0.05, 0) is 116 Å². The highest BCUT2D eigenvalue weighted by Crippen LogP contribution is 2.49. The molecule has 11 aromatic rings. The maximum Gasteiger partial charge on any atom is 0.0541 e. The molecule has 0 amide bonds. The molecule has 57 heavy (non-hydrogen) atoms. The molecule has 1 nitrogen and oxygen atoms in total. The number of hydrogen-bond acceptors (Lipinski definition) is 1. The van der Waals surface area contributed by atoms with Crippen molar-refractivity contribution in [3.05, 3.63) is 223 Å². The highest BCUT2D eigenvalue weighted by molar-refractivity contribution is 7.25. The molecule has 2 heterocycles. The Kier molecular flexibility index (Phi) is 7.23. The Morgan fingerprint density at radius 3 is 1.77 bits per heavy atom. The average Bonchev–Trinajstić information content (AvgIpc) is 3.94. The molecule has 0 fully saturated rings. The van der Waals surface area contributed by atoms with E-state index < -0.39 is 0 Å². The second-order valence-corrected chi connectivity index (χ2v) is 16.3. The molecule has 12 rings (SSSR count). The van der Waals surface area contributed by atoms with E-state index in [0.717, 1.165) is 0 Å². The molecule has 0 N–H and O–H groups in total. The normalized spacial score (nSPS) is 13.4. The zero-order valence-corrected chi connectivity index (χ0v) is 31.9. The average molecular weight is 742 g/mol. The topological polar surface area (TPSA) is 4.93 Å². The van der Waals surface area contributed by atoms with E-state index in [1.165, 1.54) is 109 Å². The van der Waals surface area contributed by atoms with E-state index in [9.17, 15) is 0 Å². The number of benzene rings is 9. The summed E-state index contributed by atoms with van der Waals surface area (Å²) in [5.74, 6) is 0.191. The molecule has 9 aromatic carbocycles. The minimum atomic E-state index is 0.191. The minimum absolute atomic E-state index is 0.191. The van der Waals surface area contributed by atoms with Crippen LogP contribution in [0.15, 0.2) is 206 Å². The second-order valence-electron chi connectivity index (χ2n) is 15.3. The fourth-order valence-electron chi connectivity index (χ4n) is 9.38. The summed E-state index contributed by atoms with van der Waals surface area (Å²) in [6.07, 6.45) is 0. The predicted molar refractivity (Wildman–Crippen MR) is 243 cm³/mol. The van der Waals surface area contributed by atoms with Gasteiger partial charge in [0.05, 0.1) is 11.0 Å². The van der Waals surface area contributed by atoms with Crippen LogP contribution in [0.5, 0.6) is 0 Å². The van der Waals surface area contributed by atoms with Crippen molar-refractivity contribution in [1.82, 2.24) is 4.57 Å². The Balaban J connectivity index is 0.908. The molecule has 1 aliphatic carbocycles. The van der Waals surface area contributed by atoms with Crippen LogP contribution >= 0.6 is 11.3 Å². The fraction of sp³-hybridized carbons (Fsp3) is 0.0182. The molecule has 266 valence electrons. The molecule has 0 bridgehead atoms. The number of aromatic nitrogens is 1. The van der Waals surface area contributed by atoms with Gasteiger partial charge in [0, 0.05) is 42.6 Å².